The van der Waals surface area contributed by atoms with Crippen LogP contribution in [0.15, 0.2) is 30.3 Å². The highest BCUT2D eigenvalue weighted by Gasteiger charge is 2.38. The number of fused-ring (bicyclic) bond motifs is 2. The zero-order valence-electron chi connectivity index (χ0n) is 14.4. The maximum atomic E-state index is 6.21. The van der Waals surface area contributed by atoms with Gasteiger partial charge >= 0.3 is 0 Å². The molecule has 0 bridgehead atoms. The Morgan fingerprint density at radius 3 is 2.50 bits per heavy atom. The maximum absolute atomic E-state index is 6.21. The monoisotopic (exact) mass is 298 g/mol. The summed E-state index contributed by atoms with van der Waals surface area (Å²) in [6, 6.07) is 8.77. The maximum Gasteiger partial charge on any atom is 0.0350 e. The van der Waals surface area contributed by atoms with Crippen molar-refractivity contribution in [3.05, 3.63) is 41.5 Å². The second-order valence-corrected chi connectivity index (χ2v) is 8.34. The molecule has 2 nitrogen and oxygen atoms in total. The van der Waals surface area contributed by atoms with Crippen LogP contribution in [0.1, 0.15) is 57.6 Å². The average molecular weight is 298 g/mol. The number of nitrogens with zero attached hydrogens (tertiary/aromatic N) is 1. The molecule has 1 aromatic carbocycles. The van der Waals surface area contributed by atoms with Gasteiger partial charge in [0.1, 0.15) is 0 Å². The van der Waals surface area contributed by atoms with Gasteiger partial charge in [-0.3, -0.25) is 0 Å². The van der Waals surface area contributed by atoms with E-state index in [1.165, 1.54) is 50.0 Å². The molecule has 0 amide bonds. The number of hydrogen-bond donors (Lipinski definition) is 1. The van der Waals surface area contributed by atoms with Gasteiger partial charge in [0.05, 0.1) is 0 Å². The van der Waals surface area contributed by atoms with Gasteiger partial charge in [-0.1, -0.05) is 51.1 Å². The van der Waals surface area contributed by atoms with E-state index in [4.69, 9.17) is 5.73 Å². The van der Waals surface area contributed by atoms with E-state index in [-0.39, 0.29) is 0 Å². The molecule has 0 saturated carbocycles. The van der Waals surface area contributed by atoms with E-state index in [1.807, 2.05) is 0 Å². The highest BCUT2D eigenvalue weighted by molar-refractivity contribution is 5.69. The van der Waals surface area contributed by atoms with Crippen molar-refractivity contribution in [3.8, 4) is 0 Å². The first kappa shape index (κ1) is 15.6. The fourth-order valence-corrected chi connectivity index (χ4v) is 3.89. The van der Waals surface area contributed by atoms with Crippen LogP contribution in [0, 0.1) is 5.41 Å². The van der Waals surface area contributed by atoms with Crippen LogP contribution >= 0.6 is 0 Å². The van der Waals surface area contributed by atoms with E-state index in [9.17, 15) is 0 Å². The molecule has 3 rings (SSSR count). The molecule has 0 atom stereocenters. The Labute approximate surface area is 135 Å². The molecule has 22 heavy (non-hydrogen) atoms. The zero-order valence-corrected chi connectivity index (χ0v) is 14.4. The van der Waals surface area contributed by atoms with Crippen LogP contribution in [0.3, 0.4) is 0 Å². The predicted molar refractivity (Wildman–Crippen MR) is 94.6 cm³/mol. The molecule has 120 valence electrons. The van der Waals surface area contributed by atoms with Crippen LogP contribution in [0.5, 0.6) is 0 Å². The Kier molecular flexibility index (Phi) is 4.07. The van der Waals surface area contributed by atoms with Crippen molar-refractivity contribution in [1.82, 2.24) is 4.90 Å². The fraction of sp³-hybridized carbons (Fsp3) is 0.600. The van der Waals surface area contributed by atoms with Crippen molar-refractivity contribution in [2.24, 2.45) is 11.1 Å². The lowest BCUT2D eigenvalue weighted by molar-refractivity contribution is 0.142. The minimum Gasteiger partial charge on any atom is -0.398 e. The molecule has 1 aromatic rings. The van der Waals surface area contributed by atoms with Crippen LogP contribution < -0.4 is 5.73 Å². The lowest BCUT2D eigenvalue weighted by atomic mass is 9.66. The van der Waals surface area contributed by atoms with Gasteiger partial charge in [-0.2, -0.15) is 0 Å². The first-order valence-electron chi connectivity index (χ1n) is 8.68. The van der Waals surface area contributed by atoms with Gasteiger partial charge < -0.3 is 10.6 Å². The summed E-state index contributed by atoms with van der Waals surface area (Å²) in [6.07, 6.45) is 7.18. The lowest BCUT2D eigenvalue weighted by Gasteiger charge is -2.45. The zero-order chi connectivity index (χ0) is 15.8. The molecular formula is C20H30N2. The highest BCUT2D eigenvalue weighted by Crippen LogP contribution is 2.44. The molecule has 0 aromatic heterocycles. The average Bonchev–Trinajstić information content (AvgIpc) is 2.50. The molecule has 1 spiro atoms. The minimum absolute atomic E-state index is 0.331. The van der Waals surface area contributed by atoms with Crippen molar-refractivity contribution in [3.63, 3.8) is 0 Å². The van der Waals surface area contributed by atoms with Crippen molar-refractivity contribution in [2.45, 2.75) is 51.9 Å². The van der Waals surface area contributed by atoms with Crippen molar-refractivity contribution < 1.29 is 0 Å². The smallest absolute Gasteiger partial charge is 0.0350 e. The quantitative estimate of drug-likeness (QED) is 0.888. The Balaban J connectivity index is 1.71. The summed E-state index contributed by atoms with van der Waals surface area (Å²) in [5, 5.41) is 0. The topological polar surface area (TPSA) is 29.3 Å². The number of piperidine rings is 1. The summed E-state index contributed by atoms with van der Waals surface area (Å²) in [5.41, 5.74) is 10.7. The van der Waals surface area contributed by atoms with Gasteiger partial charge in [-0.05, 0) is 56.3 Å². The standard InChI is InChI=1S/C20H30N2/c1-19(2,3)10-13-22-14-11-20(12-15-22)9-8-18(21)16-6-4-5-7-17(16)20/h4-8H,9-15,21H2,1-3H3. The van der Waals surface area contributed by atoms with E-state index in [1.54, 1.807) is 0 Å². The molecule has 2 aliphatic rings. The predicted octanol–water partition coefficient (Wildman–Crippen LogP) is 4.16. The van der Waals surface area contributed by atoms with Gasteiger partial charge in [-0.15, -0.1) is 0 Å². The number of allylic oxidation sites excluding steroid dienone is 1. The fourth-order valence-electron chi connectivity index (χ4n) is 3.89. The number of likely N-dealkylation sites (tertiary alicyclic amines) is 1. The molecule has 1 saturated heterocycles. The number of hydrogen-bond acceptors (Lipinski definition) is 2. The second kappa shape index (κ2) is 5.73. The van der Waals surface area contributed by atoms with Crippen LogP contribution in [-0.2, 0) is 5.41 Å². The molecule has 2 N–H and O–H groups in total. The van der Waals surface area contributed by atoms with Crippen molar-refractivity contribution >= 4 is 5.70 Å². The summed E-state index contributed by atoms with van der Waals surface area (Å²) < 4.78 is 0. The van der Waals surface area contributed by atoms with Gasteiger partial charge in [0.15, 0.2) is 0 Å². The largest absolute Gasteiger partial charge is 0.398 e. The summed E-state index contributed by atoms with van der Waals surface area (Å²) in [7, 11) is 0. The highest BCUT2D eigenvalue weighted by atomic mass is 15.1. The molecule has 0 unspecified atom stereocenters. The summed E-state index contributed by atoms with van der Waals surface area (Å²) in [5.74, 6) is 0. The van der Waals surface area contributed by atoms with E-state index in [0.29, 0.717) is 10.8 Å². The Morgan fingerprint density at radius 2 is 1.82 bits per heavy atom. The first-order chi connectivity index (χ1) is 10.4. The van der Waals surface area contributed by atoms with E-state index >= 15 is 0 Å². The van der Waals surface area contributed by atoms with Gasteiger partial charge in [-0.25, -0.2) is 0 Å². The van der Waals surface area contributed by atoms with E-state index in [0.717, 1.165) is 12.1 Å². The number of nitrogens with two attached hydrogens (primary N) is 1. The lowest BCUT2D eigenvalue weighted by Crippen LogP contribution is -2.44. The third kappa shape index (κ3) is 3.08. The Morgan fingerprint density at radius 1 is 1.14 bits per heavy atom. The van der Waals surface area contributed by atoms with Crippen LogP contribution in [0.4, 0.5) is 0 Å². The SMILES string of the molecule is CC(C)(C)CCN1CCC2(CC=C(N)c3ccccc32)CC1. The summed E-state index contributed by atoms with van der Waals surface area (Å²) in [6.45, 7) is 10.7. The van der Waals surface area contributed by atoms with Crippen LogP contribution in [0.25, 0.3) is 5.70 Å². The third-order valence-corrected chi connectivity index (χ3v) is 5.51. The van der Waals surface area contributed by atoms with Crippen LogP contribution in [0.2, 0.25) is 0 Å². The van der Waals surface area contributed by atoms with Crippen LogP contribution in [-0.4, -0.2) is 24.5 Å². The second-order valence-electron chi connectivity index (χ2n) is 8.34. The van der Waals surface area contributed by atoms with Gasteiger partial charge in [0, 0.05) is 16.7 Å². The van der Waals surface area contributed by atoms with Crippen molar-refractivity contribution in [1.29, 1.82) is 0 Å². The van der Waals surface area contributed by atoms with Gasteiger partial charge in [0.25, 0.3) is 0 Å². The minimum atomic E-state index is 0.331. The molecule has 0 radical (unpaired) electrons. The third-order valence-electron chi connectivity index (χ3n) is 5.51. The molecular weight excluding hydrogens is 268 g/mol. The van der Waals surface area contributed by atoms with E-state index < -0.39 is 0 Å². The molecule has 1 aliphatic carbocycles. The number of rotatable bonds is 2. The van der Waals surface area contributed by atoms with E-state index in [2.05, 4.69) is 56.0 Å². The van der Waals surface area contributed by atoms with Crippen molar-refractivity contribution in [2.75, 3.05) is 19.6 Å². The molecule has 2 heteroatoms. The number of benzene rings is 1. The normalized spacial score (nSPS) is 21.5. The van der Waals surface area contributed by atoms with Gasteiger partial charge in [0.2, 0.25) is 0 Å². The summed E-state index contributed by atoms with van der Waals surface area (Å²) in [4.78, 5) is 2.65. The molecule has 1 fully saturated rings. The Bertz CT molecular complexity index is 557. The first-order valence-corrected chi connectivity index (χ1v) is 8.68. The molecule has 1 aliphatic heterocycles. The summed E-state index contributed by atoms with van der Waals surface area (Å²) >= 11 is 0. The molecule has 1 heterocycles. The Hall–Kier alpha value is -1.28.